The van der Waals surface area contributed by atoms with Crippen molar-refractivity contribution in [2.75, 3.05) is 35.5 Å². The molecule has 1 aliphatic carbocycles. The van der Waals surface area contributed by atoms with Crippen LogP contribution in [0.3, 0.4) is 0 Å². The molecule has 0 unspecified atom stereocenters. The molecule has 5 aromatic carbocycles. The van der Waals surface area contributed by atoms with E-state index in [4.69, 9.17) is 39.5 Å². The highest BCUT2D eigenvalue weighted by Crippen LogP contribution is 2.36. The SMILES string of the molecule is CON=C(c1nnc(-c2ccccn2)o1)c1c(C)n(Cc2ccc(Br)cc2)c2ccc(OC)cc12.COc1ccc2[nH]c(C)c(C(=O)c3nnc(-c4ccccn4)o3)c2c1.COc1ccc2c(c1)c(C(=O)C(=O)N(C)C1CCCCC1)c(C)n2Cc1ccc(Cl)cc1. The number of nitrogens with zero attached hydrogens (tertiary/aromatic N) is 10. The van der Waals surface area contributed by atoms with E-state index in [1.807, 2.05) is 136 Å². The number of aryl methyl sites for hydroxylation is 1. The third kappa shape index (κ3) is 13.5. The van der Waals surface area contributed by atoms with Gasteiger partial charge in [0.15, 0.2) is 5.71 Å². The number of pyridine rings is 2. The van der Waals surface area contributed by atoms with Gasteiger partial charge in [0.2, 0.25) is 0 Å². The minimum atomic E-state index is -0.455. The van der Waals surface area contributed by atoms with Crippen LogP contribution in [0.5, 0.6) is 17.2 Å². The van der Waals surface area contributed by atoms with Crippen molar-refractivity contribution in [2.45, 2.75) is 72.0 Å². The van der Waals surface area contributed by atoms with Crippen LogP contribution in [-0.2, 0) is 22.7 Å². The van der Waals surface area contributed by atoms with E-state index in [-0.39, 0.29) is 29.5 Å². The third-order valence-corrected chi connectivity index (χ3v) is 17.1. The molecule has 1 amide bonds. The second kappa shape index (κ2) is 28.3. The maximum Gasteiger partial charge on any atom is 0.295 e. The number of hydrogen-bond acceptors (Lipinski definition) is 16. The first-order valence-corrected chi connectivity index (χ1v) is 30.8. The lowest BCUT2D eigenvalue weighted by Gasteiger charge is -2.30. The Balaban J connectivity index is 0.000000143. The highest BCUT2D eigenvalue weighted by molar-refractivity contribution is 9.10. The van der Waals surface area contributed by atoms with Crippen molar-refractivity contribution in [3.05, 3.63) is 218 Å². The summed E-state index contributed by atoms with van der Waals surface area (Å²) < 4.78 is 33.1. The lowest BCUT2D eigenvalue weighted by molar-refractivity contribution is -0.127. The predicted octanol–water partition coefficient (Wildman–Crippen LogP) is 14.4. The maximum absolute atomic E-state index is 13.5. The molecule has 1 aliphatic rings. The van der Waals surface area contributed by atoms with E-state index >= 15 is 0 Å². The second-order valence-electron chi connectivity index (χ2n) is 21.9. The van der Waals surface area contributed by atoms with Crippen molar-refractivity contribution >= 4 is 83.4 Å². The number of halogens is 2. The zero-order valence-electron chi connectivity index (χ0n) is 51.9. The van der Waals surface area contributed by atoms with Crippen LogP contribution in [0.25, 0.3) is 55.9 Å². The Morgan fingerprint density at radius 3 is 1.67 bits per heavy atom. The van der Waals surface area contributed by atoms with E-state index in [1.165, 1.54) is 13.5 Å². The summed E-state index contributed by atoms with van der Waals surface area (Å²) in [6.07, 6.45) is 8.62. The molecule has 0 bridgehead atoms. The summed E-state index contributed by atoms with van der Waals surface area (Å²) in [7, 11) is 8.08. The molecule has 20 nitrogen and oxygen atoms in total. The standard InChI is InChI=1S/C26H22BrN5O3.C26H29ClN2O3.C18H14N4O3/c1-16-23(24(31-34-3)26-30-29-25(35-26)21-6-4-5-13-28-21)20-14-19(33-2)11-12-22(20)32(16)15-17-7-9-18(27)10-8-17;1-17-24(25(30)26(31)28(2)20-7-5-4-6-8-20)22-15-21(32-3)13-14-23(22)29(17)16-18-9-11-19(27)12-10-18;1-10-15(12-9-11(24-2)6-7-13(12)20-10)16(23)18-22-21-17(25-18)14-5-3-4-8-19-14/h4-14H,15H2,1-3H3;9-15,20H,4-8,16H2,1-3H3;3-9,20H,1-2H3. The number of carbonyl (C=O) groups is 3. The first-order chi connectivity index (χ1) is 44.7. The number of methoxy groups -OCH3 is 3. The molecule has 7 aromatic heterocycles. The summed E-state index contributed by atoms with van der Waals surface area (Å²) in [5.74, 6) is 1.49. The van der Waals surface area contributed by atoms with Crippen molar-refractivity contribution in [1.29, 1.82) is 0 Å². The fourth-order valence-corrected chi connectivity index (χ4v) is 11.9. The Labute approximate surface area is 543 Å². The number of ether oxygens (including phenoxy) is 3. The lowest BCUT2D eigenvalue weighted by Crippen LogP contribution is -2.42. The fourth-order valence-electron chi connectivity index (χ4n) is 11.6. The van der Waals surface area contributed by atoms with Crippen LogP contribution < -0.4 is 14.2 Å². The molecule has 7 heterocycles. The number of amides is 1. The number of ketones is 2. The molecule has 22 heteroatoms. The number of nitrogens with one attached hydrogen (secondary N) is 1. The number of oxime groups is 1. The zero-order chi connectivity index (χ0) is 64.6. The van der Waals surface area contributed by atoms with Gasteiger partial charge in [-0.25, -0.2) is 0 Å². The van der Waals surface area contributed by atoms with Crippen LogP contribution >= 0.6 is 27.5 Å². The molecule has 0 radical (unpaired) electrons. The van der Waals surface area contributed by atoms with E-state index in [9.17, 15) is 14.4 Å². The van der Waals surface area contributed by atoms with Crippen molar-refractivity contribution in [2.24, 2.45) is 5.16 Å². The molecular formula is C70H65BrClN11O9. The van der Waals surface area contributed by atoms with Crippen LogP contribution in [0.1, 0.15) is 98.4 Å². The van der Waals surface area contributed by atoms with E-state index < -0.39 is 11.7 Å². The molecule has 0 spiro atoms. The van der Waals surface area contributed by atoms with Gasteiger partial charge in [0.05, 0.1) is 32.5 Å². The van der Waals surface area contributed by atoms with Gasteiger partial charge in [-0.1, -0.05) is 88.3 Å². The summed E-state index contributed by atoms with van der Waals surface area (Å²) in [5, 5.41) is 23.7. The van der Waals surface area contributed by atoms with Gasteiger partial charge in [-0.3, -0.25) is 24.4 Å². The van der Waals surface area contributed by atoms with Gasteiger partial charge in [-0.2, -0.15) is 0 Å². The van der Waals surface area contributed by atoms with Crippen molar-refractivity contribution < 1.29 is 42.3 Å². The highest BCUT2D eigenvalue weighted by Gasteiger charge is 2.32. The molecule has 1 N–H and O–H groups in total. The van der Waals surface area contributed by atoms with Gasteiger partial charge in [0.1, 0.15) is 35.7 Å². The Kier molecular flexibility index (Phi) is 19.5. The van der Waals surface area contributed by atoms with Crippen LogP contribution in [-0.4, -0.2) is 114 Å². The summed E-state index contributed by atoms with van der Waals surface area (Å²) in [6, 6.07) is 44.1. The smallest absolute Gasteiger partial charge is 0.295 e. The number of benzene rings is 5. The number of aromatic amines is 1. The Hall–Kier alpha value is -10.3. The first-order valence-electron chi connectivity index (χ1n) is 29.6. The van der Waals surface area contributed by atoms with Gasteiger partial charge in [-0.05, 0) is 148 Å². The van der Waals surface area contributed by atoms with Crippen molar-refractivity contribution in [3.8, 4) is 40.4 Å². The van der Waals surface area contributed by atoms with E-state index in [1.54, 1.807) is 57.8 Å². The predicted molar refractivity (Wildman–Crippen MR) is 355 cm³/mol. The molecule has 1 fully saturated rings. The average molecular weight is 1320 g/mol. The number of likely N-dealkylation sites (N-methyl/N-ethyl adjacent to an activating group) is 1. The van der Waals surface area contributed by atoms with Crippen LogP contribution in [0, 0.1) is 20.8 Å². The highest BCUT2D eigenvalue weighted by atomic mass is 79.9. The third-order valence-electron chi connectivity index (χ3n) is 16.3. The molecule has 0 aliphatic heterocycles. The van der Waals surface area contributed by atoms with E-state index in [0.29, 0.717) is 63.7 Å². The van der Waals surface area contributed by atoms with Gasteiger partial charge >= 0.3 is 0 Å². The normalized spacial score (nSPS) is 12.5. The van der Waals surface area contributed by atoms with Gasteiger partial charge in [0.25, 0.3) is 41.0 Å². The summed E-state index contributed by atoms with van der Waals surface area (Å²) in [6.45, 7) is 7.03. The summed E-state index contributed by atoms with van der Waals surface area (Å²) >= 11 is 9.55. The number of hydrogen-bond donors (Lipinski definition) is 1. The Morgan fingerprint density at radius 2 is 1.13 bits per heavy atom. The van der Waals surface area contributed by atoms with E-state index in [2.05, 4.69) is 77.7 Å². The van der Waals surface area contributed by atoms with Gasteiger partial charge in [0, 0.05) is 103 Å². The Morgan fingerprint density at radius 1 is 0.620 bits per heavy atom. The molecular weight excluding hydrogens is 1250 g/mol. The minimum Gasteiger partial charge on any atom is -0.497 e. The Bertz CT molecular complexity index is 4650. The first kappa shape index (κ1) is 63.3. The number of H-pyrrole nitrogens is 1. The monoisotopic (exact) mass is 1320 g/mol. The number of carbonyl (C=O) groups excluding carboxylic acids is 3. The number of aromatic nitrogens is 9. The molecule has 13 rings (SSSR count). The lowest BCUT2D eigenvalue weighted by atomic mass is 9.94. The topological polar surface area (TPSA) is 233 Å². The minimum absolute atomic E-state index is 0.0764. The molecule has 12 aromatic rings. The van der Waals surface area contributed by atoms with Crippen molar-refractivity contribution in [3.63, 3.8) is 0 Å². The summed E-state index contributed by atoms with van der Waals surface area (Å²) in [4.78, 5) is 58.2. The van der Waals surface area contributed by atoms with Crippen molar-refractivity contribution in [1.82, 2.24) is 49.4 Å². The molecule has 0 atom stereocenters. The number of Topliss-reactive ketones (excluding diaryl/α,β-unsaturated/α-hetero) is 1. The van der Waals surface area contributed by atoms with Gasteiger partial charge < -0.3 is 46.9 Å². The van der Waals surface area contributed by atoms with Crippen LogP contribution in [0.4, 0.5) is 0 Å². The molecule has 1 saturated carbocycles. The average Bonchev–Trinajstić information content (AvgIpc) is 1.62. The summed E-state index contributed by atoms with van der Waals surface area (Å²) in [5.41, 5.74) is 10.8. The van der Waals surface area contributed by atoms with E-state index in [0.717, 1.165) is 102 Å². The molecule has 468 valence electrons. The second-order valence-corrected chi connectivity index (χ2v) is 23.2. The van der Waals surface area contributed by atoms with Gasteiger partial charge in [-0.15, -0.1) is 20.4 Å². The van der Waals surface area contributed by atoms with Crippen LogP contribution in [0.2, 0.25) is 5.02 Å². The quantitative estimate of drug-likeness (QED) is 0.0386. The largest absolute Gasteiger partial charge is 0.497 e. The maximum atomic E-state index is 13.5. The number of fused-ring (bicyclic) bond motifs is 3. The molecule has 0 saturated heterocycles. The zero-order valence-corrected chi connectivity index (χ0v) is 54.2. The number of rotatable bonds is 17. The molecule has 92 heavy (non-hydrogen) atoms. The van der Waals surface area contributed by atoms with Crippen LogP contribution in [0.15, 0.2) is 170 Å². The fraction of sp³-hybridized carbons (Fsp3) is 0.229.